The minimum atomic E-state index is -0.222. The molecule has 0 aliphatic heterocycles. The van der Waals surface area contributed by atoms with Gasteiger partial charge in [0.1, 0.15) is 6.10 Å². The van der Waals surface area contributed by atoms with Crippen LogP contribution in [-0.2, 0) is 9.53 Å². The van der Waals surface area contributed by atoms with Gasteiger partial charge in [-0.1, -0.05) is 31.0 Å². The summed E-state index contributed by atoms with van der Waals surface area (Å²) >= 11 is 1.72. The minimum Gasteiger partial charge on any atom is -0.462 e. The van der Waals surface area contributed by atoms with Gasteiger partial charge in [-0.05, 0) is 25.5 Å². The predicted octanol–water partition coefficient (Wildman–Crippen LogP) is 3.90. The maximum absolute atomic E-state index is 11.0. The van der Waals surface area contributed by atoms with Crippen molar-refractivity contribution in [3.63, 3.8) is 0 Å². The molecule has 0 aliphatic rings. The van der Waals surface area contributed by atoms with E-state index in [2.05, 4.69) is 24.0 Å². The number of hydrogen-bond donors (Lipinski definition) is 0. The molecule has 0 radical (unpaired) electrons. The molecule has 0 aromatic heterocycles. The summed E-state index contributed by atoms with van der Waals surface area (Å²) in [5, 5.41) is 0.150. The monoisotopic (exact) mass is 276 g/mol. The van der Waals surface area contributed by atoms with Crippen molar-refractivity contribution in [2.75, 3.05) is 0 Å². The lowest BCUT2D eigenvalue weighted by Gasteiger charge is -2.18. The van der Waals surface area contributed by atoms with E-state index in [1.165, 1.54) is 11.8 Å². The Morgan fingerprint density at radius 2 is 2.05 bits per heavy atom. The molecule has 0 N–H and O–H groups in total. The molecule has 1 aromatic rings. The third-order valence-electron chi connectivity index (χ3n) is 2.59. The lowest BCUT2D eigenvalue weighted by molar-refractivity contribution is -0.146. The molecule has 0 heterocycles. The Bertz CT molecular complexity index is 445. The highest BCUT2D eigenvalue weighted by molar-refractivity contribution is 8.00. The van der Waals surface area contributed by atoms with Crippen molar-refractivity contribution < 1.29 is 9.53 Å². The van der Waals surface area contributed by atoms with E-state index >= 15 is 0 Å². The Morgan fingerprint density at radius 3 is 2.58 bits per heavy atom. The van der Waals surface area contributed by atoms with E-state index in [-0.39, 0.29) is 17.3 Å². The van der Waals surface area contributed by atoms with Crippen LogP contribution in [0.25, 0.3) is 0 Å². The summed E-state index contributed by atoms with van der Waals surface area (Å²) in [5.74, 6) is 5.93. The van der Waals surface area contributed by atoms with E-state index in [0.717, 1.165) is 12.8 Å². The Morgan fingerprint density at radius 1 is 1.37 bits per heavy atom. The quantitative estimate of drug-likeness (QED) is 0.448. The van der Waals surface area contributed by atoms with Crippen molar-refractivity contribution in [1.29, 1.82) is 0 Å². The van der Waals surface area contributed by atoms with Gasteiger partial charge in [-0.2, -0.15) is 0 Å². The van der Waals surface area contributed by atoms with Crippen LogP contribution in [0, 0.1) is 11.8 Å². The lowest BCUT2D eigenvalue weighted by atomic mass is 10.1. The summed E-state index contributed by atoms with van der Waals surface area (Å²) in [6.07, 6.45) is 1.52. The molecule has 2 atom stereocenters. The fourth-order valence-corrected chi connectivity index (χ4v) is 2.86. The van der Waals surface area contributed by atoms with Crippen LogP contribution in [0.1, 0.15) is 33.6 Å². The highest BCUT2D eigenvalue weighted by atomic mass is 32.2. The summed E-state index contributed by atoms with van der Waals surface area (Å²) < 4.78 is 5.29. The van der Waals surface area contributed by atoms with Gasteiger partial charge in [-0.3, -0.25) is 4.79 Å². The van der Waals surface area contributed by atoms with E-state index in [9.17, 15) is 4.79 Å². The maximum atomic E-state index is 11.0. The molecule has 0 saturated carbocycles. The van der Waals surface area contributed by atoms with Crippen LogP contribution in [0.2, 0.25) is 0 Å². The Balaban J connectivity index is 2.66. The molecule has 1 aromatic carbocycles. The average Bonchev–Trinajstić information content (AvgIpc) is 2.38. The summed E-state index contributed by atoms with van der Waals surface area (Å²) in [6, 6.07) is 10.2. The number of carbonyl (C=O) groups excluding carboxylic acids is 1. The van der Waals surface area contributed by atoms with Crippen LogP contribution in [0.15, 0.2) is 35.2 Å². The third kappa shape index (κ3) is 6.35. The third-order valence-corrected chi connectivity index (χ3v) is 3.73. The van der Waals surface area contributed by atoms with Crippen LogP contribution < -0.4 is 0 Å². The molecule has 3 heteroatoms. The maximum Gasteiger partial charge on any atom is 0.302 e. The summed E-state index contributed by atoms with van der Waals surface area (Å²) in [5.41, 5.74) is 0. The summed E-state index contributed by atoms with van der Waals surface area (Å²) in [6.45, 7) is 5.32. The standard InChI is InChI=1S/C16H20O2S/c1-4-9-16(12-14(5-2)18-13(3)17)19-15-10-7-6-8-11-15/h6-8,10-11,14,16H,5,12H2,1-3H3. The summed E-state index contributed by atoms with van der Waals surface area (Å²) in [7, 11) is 0. The average molecular weight is 276 g/mol. The van der Waals surface area contributed by atoms with Crippen LogP contribution in [0.3, 0.4) is 0 Å². The van der Waals surface area contributed by atoms with Gasteiger partial charge in [0.25, 0.3) is 0 Å². The molecule has 2 nitrogen and oxygen atoms in total. The van der Waals surface area contributed by atoms with Crippen molar-refractivity contribution in [3.8, 4) is 11.8 Å². The van der Waals surface area contributed by atoms with Gasteiger partial charge in [-0.25, -0.2) is 0 Å². The Hall–Kier alpha value is -1.40. The highest BCUT2D eigenvalue weighted by Crippen LogP contribution is 2.27. The van der Waals surface area contributed by atoms with Gasteiger partial charge in [0.15, 0.2) is 0 Å². The fourth-order valence-electron chi connectivity index (χ4n) is 1.73. The molecule has 0 fully saturated rings. The van der Waals surface area contributed by atoms with Crippen LogP contribution in [-0.4, -0.2) is 17.3 Å². The van der Waals surface area contributed by atoms with Gasteiger partial charge >= 0.3 is 5.97 Å². The van der Waals surface area contributed by atoms with Gasteiger partial charge in [0, 0.05) is 18.2 Å². The zero-order chi connectivity index (χ0) is 14.1. The molecule has 0 aliphatic carbocycles. The van der Waals surface area contributed by atoms with E-state index in [1.54, 1.807) is 11.8 Å². The minimum absolute atomic E-state index is 0.0560. The molecule has 19 heavy (non-hydrogen) atoms. The number of hydrogen-bond acceptors (Lipinski definition) is 3. The zero-order valence-corrected chi connectivity index (χ0v) is 12.5. The SMILES string of the molecule is CC#CC(CC(CC)OC(C)=O)Sc1ccccc1. The first-order chi connectivity index (χ1) is 9.15. The second kappa shape index (κ2) is 8.66. The van der Waals surface area contributed by atoms with E-state index in [1.807, 2.05) is 32.0 Å². The molecule has 0 amide bonds. The number of carbonyl (C=O) groups is 1. The summed E-state index contributed by atoms with van der Waals surface area (Å²) in [4.78, 5) is 12.2. The van der Waals surface area contributed by atoms with Crippen LogP contribution in [0.5, 0.6) is 0 Å². The molecule has 2 unspecified atom stereocenters. The van der Waals surface area contributed by atoms with Crippen LogP contribution in [0.4, 0.5) is 0 Å². The largest absolute Gasteiger partial charge is 0.462 e. The zero-order valence-electron chi connectivity index (χ0n) is 11.7. The Labute approximate surface area is 119 Å². The van der Waals surface area contributed by atoms with Crippen molar-refractivity contribution in [2.45, 2.75) is 49.9 Å². The van der Waals surface area contributed by atoms with E-state index in [4.69, 9.17) is 4.74 Å². The topological polar surface area (TPSA) is 26.3 Å². The molecule has 0 saturated heterocycles. The van der Waals surface area contributed by atoms with E-state index < -0.39 is 0 Å². The highest BCUT2D eigenvalue weighted by Gasteiger charge is 2.17. The van der Waals surface area contributed by atoms with Crippen molar-refractivity contribution >= 4 is 17.7 Å². The Kier molecular flexibility index (Phi) is 7.14. The second-order valence-corrected chi connectivity index (χ2v) is 5.47. The van der Waals surface area contributed by atoms with Crippen molar-refractivity contribution in [3.05, 3.63) is 30.3 Å². The van der Waals surface area contributed by atoms with Crippen molar-refractivity contribution in [2.24, 2.45) is 0 Å². The van der Waals surface area contributed by atoms with Crippen LogP contribution >= 0.6 is 11.8 Å². The molecule has 1 rings (SSSR count). The van der Waals surface area contributed by atoms with Crippen molar-refractivity contribution in [1.82, 2.24) is 0 Å². The molecule has 0 spiro atoms. The molecular weight excluding hydrogens is 256 g/mol. The molecule has 102 valence electrons. The number of ether oxygens (including phenoxy) is 1. The molecular formula is C16H20O2S. The van der Waals surface area contributed by atoms with E-state index in [0.29, 0.717) is 0 Å². The smallest absolute Gasteiger partial charge is 0.302 e. The number of benzene rings is 1. The second-order valence-electron chi connectivity index (χ2n) is 4.19. The van der Waals surface area contributed by atoms with Gasteiger partial charge in [0.2, 0.25) is 0 Å². The number of esters is 1. The number of rotatable bonds is 6. The lowest BCUT2D eigenvalue weighted by Crippen LogP contribution is -2.20. The molecule has 0 bridgehead atoms. The normalized spacial score (nSPS) is 13.0. The first-order valence-corrected chi connectivity index (χ1v) is 7.34. The van der Waals surface area contributed by atoms with Gasteiger partial charge < -0.3 is 4.74 Å². The van der Waals surface area contributed by atoms with Gasteiger partial charge in [0.05, 0.1) is 5.25 Å². The van der Waals surface area contributed by atoms with Gasteiger partial charge in [-0.15, -0.1) is 17.7 Å². The number of thioether (sulfide) groups is 1. The predicted molar refractivity (Wildman–Crippen MR) is 80.0 cm³/mol. The first-order valence-electron chi connectivity index (χ1n) is 6.46. The first kappa shape index (κ1) is 15.7. The fraction of sp³-hybridized carbons (Fsp3) is 0.438.